The van der Waals surface area contributed by atoms with Crippen molar-refractivity contribution in [1.29, 1.82) is 0 Å². The number of carbonyl (C=O) groups is 2. The first-order valence-corrected chi connectivity index (χ1v) is 9.43. The van der Waals surface area contributed by atoms with Gasteiger partial charge in [-0.25, -0.2) is 4.99 Å². The molecule has 0 saturated heterocycles. The minimum Gasteiger partial charge on any atom is -0.370 e. The molecule has 0 spiro atoms. The monoisotopic (exact) mass is 396 g/mol. The molecule has 2 atom stereocenters. The Morgan fingerprint density at radius 3 is 2.17 bits per heavy atom. The Balaban J connectivity index is 1.86. The zero-order valence-corrected chi connectivity index (χ0v) is 16.3. The zero-order valence-electron chi connectivity index (χ0n) is 16.3. The van der Waals surface area contributed by atoms with Gasteiger partial charge in [0.25, 0.3) is 0 Å². The molecule has 2 amide bonds. The van der Waals surface area contributed by atoms with Gasteiger partial charge in [-0.2, -0.15) is 0 Å². The molecule has 9 N–H and O–H groups in total. The molecule has 0 unspecified atom stereocenters. The molecule has 8 nitrogen and oxygen atoms in total. The van der Waals surface area contributed by atoms with E-state index < -0.39 is 23.9 Å². The minimum absolute atomic E-state index is 0.0291. The molecular weight excluding hydrogens is 368 g/mol. The van der Waals surface area contributed by atoms with Crippen molar-refractivity contribution in [3.63, 3.8) is 0 Å². The normalized spacial score (nSPS) is 12.6. The van der Waals surface area contributed by atoms with E-state index >= 15 is 0 Å². The number of carbonyl (C=O) groups excluding carboxylic acids is 2. The maximum atomic E-state index is 12.4. The Labute approximate surface area is 170 Å². The summed E-state index contributed by atoms with van der Waals surface area (Å²) in [6.45, 7) is 0. The molecule has 0 bridgehead atoms. The molecule has 0 saturated carbocycles. The summed E-state index contributed by atoms with van der Waals surface area (Å²) in [6, 6.07) is 15.4. The van der Waals surface area contributed by atoms with Crippen LogP contribution in [0.3, 0.4) is 0 Å². The van der Waals surface area contributed by atoms with Crippen molar-refractivity contribution in [2.24, 2.45) is 27.9 Å². The van der Waals surface area contributed by atoms with Crippen molar-refractivity contribution in [1.82, 2.24) is 5.32 Å². The van der Waals surface area contributed by atoms with E-state index in [1.807, 2.05) is 30.3 Å². The first-order valence-electron chi connectivity index (χ1n) is 9.43. The Morgan fingerprint density at radius 2 is 1.59 bits per heavy atom. The average molecular weight is 396 g/mol. The SMILES string of the molecule is NC(=O)[C@H](CCCc1ccccc1)NC(=O)[C@@H](N)Cc1ccc(N=C(N)N)cc1. The second-order valence-electron chi connectivity index (χ2n) is 6.86. The summed E-state index contributed by atoms with van der Waals surface area (Å²) >= 11 is 0. The fourth-order valence-electron chi connectivity index (χ4n) is 2.92. The van der Waals surface area contributed by atoms with Crippen LogP contribution in [0.25, 0.3) is 0 Å². The lowest BCUT2D eigenvalue weighted by Gasteiger charge is -2.18. The predicted molar refractivity (Wildman–Crippen MR) is 114 cm³/mol. The lowest BCUT2D eigenvalue weighted by Crippen LogP contribution is -2.51. The van der Waals surface area contributed by atoms with Gasteiger partial charge in [-0.1, -0.05) is 42.5 Å². The third-order valence-electron chi connectivity index (χ3n) is 4.45. The van der Waals surface area contributed by atoms with E-state index in [9.17, 15) is 9.59 Å². The van der Waals surface area contributed by atoms with Gasteiger partial charge >= 0.3 is 0 Å². The van der Waals surface area contributed by atoms with Gasteiger partial charge in [0.2, 0.25) is 11.8 Å². The topological polar surface area (TPSA) is 163 Å². The Bertz CT molecular complexity index is 832. The van der Waals surface area contributed by atoms with Gasteiger partial charge in [-0.15, -0.1) is 0 Å². The van der Waals surface area contributed by atoms with E-state index in [1.54, 1.807) is 24.3 Å². The van der Waals surface area contributed by atoms with Gasteiger partial charge in [0.05, 0.1) is 11.7 Å². The van der Waals surface area contributed by atoms with Crippen LogP contribution >= 0.6 is 0 Å². The number of guanidine groups is 1. The fourth-order valence-corrected chi connectivity index (χ4v) is 2.92. The van der Waals surface area contributed by atoms with Crippen molar-refractivity contribution < 1.29 is 9.59 Å². The van der Waals surface area contributed by atoms with Crippen LogP contribution in [-0.2, 0) is 22.4 Å². The van der Waals surface area contributed by atoms with Crippen LogP contribution in [0.1, 0.15) is 24.0 Å². The average Bonchev–Trinajstić information content (AvgIpc) is 2.68. The predicted octanol–water partition coefficient (Wildman–Crippen LogP) is 0.454. The van der Waals surface area contributed by atoms with Crippen molar-refractivity contribution in [3.05, 3.63) is 65.7 Å². The standard InChI is InChI=1S/C21H28N6O2/c22-17(13-15-9-11-16(12-10-15)26-21(24)25)20(29)27-18(19(23)28)8-4-7-14-5-2-1-3-6-14/h1-3,5-6,9-12,17-18H,4,7-8,13,22H2,(H2,23,28)(H,27,29)(H4,24,25,26)/t17-,18-/m0/s1. The first-order chi connectivity index (χ1) is 13.8. The van der Waals surface area contributed by atoms with Crippen molar-refractivity contribution >= 4 is 23.5 Å². The maximum absolute atomic E-state index is 12.4. The summed E-state index contributed by atoms with van der Waals surface area (Å²) in [5.74, 6) is -1.01. The summed E-state index contributed by atoms with van der Waals surface area (Å²) in [7, 11) is 0. The van der Waals surface area contributed by atoms with Gasteiger partial charge in [0, 0.05) is 0 Å². The molecule has 2 rings (SSSR count). The van der Waals surface area contributed by atoms with Gasteiger partial charge < -0.3 is 28.3 Å². The second kappa shape index (κ2) is 10.8. The molecule has 0 aliphatic carbocycles. The lowest BCUT2D eigenvalue weighted by molar-refractivity contribution is -0.128. The summed E-state index contributed by atoms with van der Waals surface area (Å²) in [5.41, 5.74) is 24.8. The van der Waals surface area contributed by atoms with E-state index in [1.165, 1.54) is 5.56 Å². The van der Waals surface area contributed by atoms with E-state index in [0.29, 0.717) is 18.5 Å². The third kappa shape index (κ3) is 7.63. The number of nitrogens with two attached hydrogens (primary N) is 4. The highest BCUT2D eigenvalue weighted by Crippen LogP contribution is 2.14. The van der Waals surface area contributed by atoms with E-state index in [2.05, 4.69) is 10.3 Å². The number of aryl methyl sites for hydroxylation is 1. The van der Waals surface area contributed by atoms with E-state index in [4.69, 9.17) is 22.9 Å². The number of nitrogens with zero attached hydrogens (tertiary/aromatic N) is 1. The lowest BCUT2D eigenvalue weighted by atomic mass is 10.0. The zero-order chi connectivity index (χ0) is 21.2. The van der Waals surface area contributed by atoms with Crippen molar-refractivity contribution in [3.8, 4) is 0 Å². The van der Waals surface area contributed by atoms with Crippen LogP contribution in [0.4, 0.5) is 5.69 Å². The number of hydrogen-bond donors (Lipinski definition) is 5. The number of rotatable bonds is 10. The number of primary amides is 1. The number of benzene rings is 2. The van der Waals surface area contributed by atoms with Gasteiger partial charge in [0.15, 0.2) is 5.96 Å². The minimum atomic E-state index is -0.806. The number of amides is 2. The van der Waals surface area contributed by atoms with Gasteiger partial charge in [-0.3, -0.25) is 9.59 Å². The maximum Gasteiger partial charge on any atom is 0.240 e. The molecule has 0 fully saturated rings. The molecule has 0 aliphatic heterocycles. The molecule has 29 heavy (non-hydrogen) atoms. The highest BCUT2D eigenvalue weighted by molar-refractivity contribution is 5.89. The smallest absolute Gasteiger partial charge is 0.240 e. The van der Waals surface area contributed by atoms with Crippen LogP contribution < -0.4 is 28.3 Å². The number of hydrogen-bond acceptors (Lipinski definition) is 4. The Hall–Kier alpha value is -3.39. The fraction of sp³-hybridized carbons (Fsp3) is 0.286. The quantitative estimate of drug-likeness (QED) is 0.290. The van der Waals surface area contributed by atoms with Gasteiger partial charge in [0.1, 0.15) is 6.04 Å². The largest absolute Gasteiger partial charge is 0.370 e. The molecule has 2 aromatic carbocycles. The molecule has 0 aliphatic rings. The van der Waals surface area contributed by atoms with Crippen LogP contribution in [0.2, 0.25) is 0 Å². The molecule has 0 heterocycles. The molecular formula is C21H28N6O2. The summed E-state index contributed by atoms with van der Waals surface area (Å²) in [5, 5.41) is 2.67. The van der Waals surface area contributed by atoms with E-state index in [0.717, 1.165) is 18.4 Å². The van der Waals surface area contributed by atoms with Crippen LogP contribution in [0, 0.1) is 0 Å². The highest BCUT2D eigenvalue weighted by Gasteiger charge is 2.21. The van der Waals surface area contributed by atoms with E-state index in [-0.39, 0.29) is 5.96 Å². The van der Waals surface area contributed by atoms with Crippen molar-refractivity contribution in [2.75, 3.05) is 0 Å². The summed E-state index contributed by atoms with van der Waals surface area (Å²) in [6.07, 6.45) is 2.29. The van der Waals surface area contributed by atoms with Crippen LogP contribution in [0.5, 0.6) is 0 Å². The second-order valence-corrected chi connectivity index (χ2v) is 6.86. The summed E-state index contributed by atoms with van der Waals surface area (Å²) in [4.78, 5) is 28.1. The number of aliphatic imine (C=N–C) groups is 1. The third-order valence-corrected chi connectivity index (χ3v) is 4.45. The molecule has 2 aromatic rings. The number of nitrogens with one attached hydrogen (secondary N) is 1. The Kier molecular flexibility index (Phi) is 8.17. The molecule has 0 radical (unpaired) electrons. The van der Waals surface area contributed by atoms with Gasteiger partial charge in [-0.05, 0) is 48.9 Å². The molecule has 8 heteroatoms. The molecule has 0 aromatic heterocycles. The Morgan fingerprint density at radius 1 is 0.931 bits per heavy atom. The van der Waals surface area contributed by atoms with Crippen molar-refractivity contribution in [2.45, 2.75) is 37.8 Å². The van der Waals surface area contributed by atoms with Crippen LogP contribution in [0.15, 0.2) is 59.6 Å². The first kappa shape index (κ1) is 21.9. The molecule has 154 valence electrons. The highest BCUT2D eigenvalue weighted by atomic mass is 16.2. The van der Waals surface area contributed by atoms with Crippen LogP contribution in [-0.4, -0.2) is 29.9 Å². The summed E-state index contributed by atoms with van der Waals surface area (Å²) < 4.78 is 0.